The minimum absolute atomic E-state index is 0.00379. The molecule has 0 spiro atoms. The largest absolute Gasteiger partial charge is 0.472 e. The van der Waals surface area contributed by atoms with E-state index in [1.54, 1.807) is 6.20 Å². The van der Waals surface area contributed by atoms with Crippen LogP contribution in [0.15, 0.2) is 36.5 Å². The van der Waals surface area contributed by atoms with Gasteiger partial charge in [-0.25, -0.2) is 4.98 Å². The molecule has 1 saturated heterocycles. The first-order valence-electron chi connectivity index (χ1n) is 8.43. The molecule has 6 heteroatoms. The van der Waals surface area contributed by atoms with Crippen molar-refractivity contribution in [3.8, 4) is 17.4 Å². The van der Waals surface area contributed by atoms with Gasteiger partial charge in [-0.2, -0.15) is 0 Å². The number of rotatable bonds is 4. The summed E-state index contributed by atoms with van der Waals surface area (Å²) in [5.41, 5.74) is 2.03. The van der Waals surface area contributed by atoms with E-state index >= 15 is 0 Å². The topological polar surface area (TPSA) is 60.9 Å². The van der Waals surface area contributed by atoms with E-state index in [9.17, 15) is 4.79 Å². The number of aryl methyl sites for hydroxylation is 1. The Kier molecular flexibility index (Phi) is 4.17. The third-order valence-corrected chi connectivity index (χ3v) is 4.46. The number of hydrogen-bond donors (Lipinski definition) is 0. The number of likely N-dealkylation sites (tertiary alicyclic amines) is 1. The quantitative estimate of drug-likeness (QED) is 0.855. The molecule has 2 aliphatic heterocycles. The Morgan fingerprint density at radius 1 is 1.28 bits per heavy atom. The van der Waals surface area contributed by atoms with Crippen LogP contribution < -0.4 is 14.2 Å². The molecule has 0 saturated carbocycles. The summed E-state index contributed by atoms with van der Waals surface area (Å²) in [6.45, 7) is 3.53. The van der Waals surface area contributed by atoms with Crippen LogP contribution in [0.4, 0.5) is 0 Å². The van der Waals surface area contributed by atoms with E-state index in [4.69, 9.17) is 14.2 Å². The number of benzene rings is 1. The predicted molar refractivity (Wildman–Crippen MR) is 90.9 cm³/mol. The summed E-state index contributed by atoms with van der Waals surface area (Å²) in [6, 6.07) is 9.47. The van der Waals surface area contributed by atoms with Crippen LogP contribution in [0.5, 0.6) is 17.4 Å². The van der Waals surface area contributed by atoms with Crippen molar-refractivity contribution in [3.05, 3.63) is 47.7 Å². The fourth-order valence-electron chi connectivity index (χ4n) is 3.08. The number of aromatic nitrogens is 1. The Balaban J connectivity index is 1.33. The van der Waals surface area contributed by atoms with Crippen LogP contribution >= 0.6 is 0 Å². The number of fused-ring (bicyclic) bond motifs is 1. The Hall–Kier alpha value is -2.76. The zero-order valence-corrected chi connectivity index (χ0v) is 14.1. The second-order valence-corrected chi connectivity index (χ2v) is 6.41. The molecule has 0 bridgehead atoms. The van der Waals surface area contributed by atoms with Crippen molar-refractivity contribution < 1.29 is 19.0 Å². The molecule has 25 heavy (non-hydrogen) atoms. The lowest BCUT2D eigenvalue weighted by Gasteiger charge is -2.17. The van der Waals surface area contributed by atoms with Crippen LogP contribution in [0.1, 0.15) is 17.5 Å². The second kappa shape index (κ2) is 6.63. The van der Waals surface area contributed by atoms with E-state index < -0.39 is 0 Å². The lowest BCUT2D eigenvalue weighted by molar-refractivity contribution is -0.129. The Morgan fingerprint density at radius 3 is 3.00 bits per heavy atom. The molecule has 4 rings (SSSR count). The molecule has 1 aromatic carbocycles. The van der Waals surface area contributed by atoms with Crippen molar-refractivity contribution in [1.29, 1.82) is 0 Å². The average molecular weight is 340 g/mol. The zero-order chi connectivity index (χ0) is 17.2. The molecule has 2 aromatic rings. The van der Waals surface area contributed by atoms with E-state index in [-0.39, 0.29) is 18.8 Å². The highest BCUT2D eigenvalue weighted by Crippen LogP contribution is 2.32. The van der Waals surface area contributed by atoms with Crippen molar-refractivity contribution >= 4 is 5.91 Å². The SMILES string of the molecule is Cc1ccc(OC2CCN(C(=O)Cc3ccc4c(c3)OCO4)C2)nc1. The van der Waals surface area contributed by atoms with Crippen LogP contribution in [0.25, 0.3) is 0 Å². The molecular formula is C19H20N2O4. The summed E-state index contributed by atoms with van der Waals surface area (Å²) < 4.78 is 16.5. The highest BCUT2D eigenvalue weighted by molar-refractivity contribution is 5.79. The van der Waals surface area contributed by atoms with E-state index in [0.29, 0.717) is 31.1 Å². The first-order valence-corrected chi connectivity index (χ1v) is 8.43. The van der Waals surface area contributed by atoms with Crippen molar-refractivity contribution in [2.75, 3.05) is 19.9 Å². The maximum absolute atomic E-state index is 12.5. The van der Waals surface area contributed by atoms with Gasteiger partial charge in [0.05, 0.1) is 13.0 Å². The van der Waals surface area contributed by atoms with Crippen molar-refractivity contribution in [1.82, 2.24) is 9.88 Å². The maximum Gasteiger partial charge on any atom is 0.231 e. The van der Waals surface area contributed by atoms with Gasteiger partial charge in [0.1, 0.15) is 6.10 Å². The fraction of sp³-hybridized carbons (Fsp3) is 0.368. The third-order valence-electron chi connectivity index (χ3n) is 4.46. The number of amides is 1. The summed E-state index contributed by atoms with van der Waals surface area (Å²) in [6.07, 6.45) is 2.96. The van der Waals surface area contributed by atoms with E-state index in [1.807, 2.05) is 42.2 Å². The summed E-state index contributed by atoms with van der Waals surface area (Å²) >= 11 is 0. The van der Waals surface area contributed by atoms with Crippen LogP contribution in [0.2, 0.25) is 0 Å². The van der Waals surface area contributed by atoms with Crippen LogP contribution in [-0.2, 0) is 11.2 Å². The van der Waals surface area contributed by atoms with Gasteiger partial charge in [0, 0.05) is 25.2 Å². The average Bonchev–Trinajstić information content (AvgIpc) is 3.26. The Bertz CT molecular complexity index is 775. The second-order valence-electron chi connectivity index (χ2n) is 6.41. The molecule has 1 unspecified atom stereocenters. The number of ether oxygens (including phenoxy) is 3. The van der Waals surface area contributed by atoms with E-state index in [2.05, 4.69) is 4.98 Å². The number of carbonyl (C=O) groups is 1. The number of pyridine rings is 1. The molecule has 2 aliphatic rings. The van der Waals surface area contributed by atoms with Crippen LogP contribution in [-0.4, -0.2) is 41.8 Å². The van der Waals surface area contributed by atoms with Gasteiger partial charge in [-0.1, -0.05) is 12.1 Å². The van der Waals surface area contributed by atoms with Gasteiger partial charge in [0.15, 0.2) is 11.5 Å². The normalized spacial score (nSPS) is 18.4. The van der Waals surface area contributed by atoms with E-state index in [1.165, 1.54) is 0 Å². The highest BCUT2D eigenvalue weighted by Gasteiger charge is 2.28. The molecule has 6 nitrogen and oxygen atoms in total. The summed E-state index contributed by atoms with van der Waals surface area (Å²) in [7, 11) is 0. The van der Waals surface area contributed by atoms with Gasteiger partial charge in [0.25, 0.3) is 0 Å². The molecule has 0 N–H and O–H groups in total. The molecule has 1 amide bonds. The van der Waals surface area contributed by atoms with E-state index in [0.717, 1.165) is 23.3 Å². The number of hydrogen-bond acceptors (Lipinski definition) is 5. The monoisotopic (exact) mass is 340 g/mol. The Labute approximate surface area is 146 Å². The molecule has 0 radical (unpaired) electrons. The number of nitrogens with zero attached hydrogens (tertiary/aromatic N) is 2. The molecule has 1 aromatic heterocycles. The molecule has 1 atom stereocenters. The summed E-state index contributed by atoms with van der Waals surface area (Å²) in [4.78, 5) is 18.7. The predicted octanol–water partition coefficient (Wildman–Crippen LogP) is 2.34. The molecule has 0 aliphatic carbocycles. The first-order chi connectivity index (χ1) is 12.2. The Morgan fingerprint density at radius 2 is 2.16 bits per heavy atom. The molecule has 3 heterocycles. The summed E-state index contributed by atoms with van der Waals surface area (Å²) in [5.74, 6) is 2.15. The highest BCUT2D eigenvalue weighted by atomic mass is 16.7. The lowest BCUT2D eigenvalue weighted by Crippen LogP contribution is -2.32. The van der Waals surface area contributed by atoms with Gasteiger partial charge < -0.3 is 19.1 Å². The molecular weight excluding hydrogens is 320 g/mol. The fourth-order valence-corrected chi connectivity index (χ4v) is 3.08. The van der Waals surface area contributed by atoms with Crippen molar-refractivity contribution in [3.63, 3.8) is 0 Å². The van der Waals surface area contributed by atoms with Crippen molar-refractivity contribution in [2.45, 2.75) is 25.9 Å². The smallest absolute Gasteiger partial charge is 0.231 e. The maximum atomic E-state index is 12.5. The van der Waals surface area contributed by atoms with Gasteiger partial charge in [-0.15, -0.1) is 0 Å². The van der Waals surface area contributed by atoms with Gasteiger partial charge >= 0.3 is 0 Å². The van der Waals surface area contributed by atoms with Gasteiger partial charge in [0.2, 0.25) is 18.6 Å². The first kappa shape index (κ1) is 15.7. The van der Waals surface area contributed by atoms with Gasteiger partial charge in [-0.05, 0) is 30.2 Å². The van der Waals surface area contributed by atoms with Crippen LogP contribution in [0.3, 0.4) is 0 Å². The zero-order valence-electron chi connectivity index (χ0n) is 14.1. The lowest BCUT2D eigenvalue weighted by atomic mass is 10.1. The van der Waals surface area contributed by atoms with Crippen molar-refractivity contribution in [2.24, 2.45) is 0 Å². The van der Waals surface area contributed by atoms with Gasteiger partial charge in [-0.3, -0.25) is 4.79 Å². The van der Waals surface area contributed by atoms with Crippen LogP contribution in [0, 0.1) is 6.92 Å². The standard InChI is InChI=1S/C19H20N2O4/c1-13-2-5-18(20-10-13)25-15-6-7-21(11-15)19(22)9-14-3-4-16-17(8-14)24-12-23-16/h2-5,8,10,15H,6-7,9,11-12H2,1H3. The molecule has 1 fully saturated rings. The minimum Gasteiger partial charge on any atom is -0.472 e. The number of carbonyl (C=O) groups excluding carboxylic acids is 1. The minimum atomic E-state index is -0.00379. The third kappa shape index (κ3) is 3.52. The molecule has 130 valence electrons. The summed E-state index contributed by atoms with van der Waals surface area (Å²) in [5, 5.41) is 0.